The minimum Gasteiger partial charge on any atom is -0.459 e. The van der Waals surface area contributed by atoms with E-state index in [1.807, 2.05) is 20.8 Å². The van der Waals surface area contributed by atoms with Crippen LogP contribution in [0.4, 0.5) is 0 Å². The molecule has 2 nitrogen and oxygen atoms in total. The molecule has 0 saturated heterocycles. The van der Waals surface area contributed by atoms with Crippen molar-refractivity contribution in [1.82, 2.24) is 0 Å². The second kappa shape index (κ2) is 4.82. The SMILES string of the molecule is CCC(=O)OC(C)(C)[C@@H]1CC=C(C)CC1. The van der Waals surface area contributed by atoms with Gasteiger partial charge in [0.1, 0.15) is 5.60 Å². The molecule has 0 heterocycles. The molecule has 1 aliphatic rings. The molecule has 0 aromatic rings. The number of esters is 1. The Bertz CT molecular complexity index is 264. The van der Waals surface area contributed by atoms with E-state index in [-0.39, 0.29) is 11.6 Å². The number of ether oxygens (including phenoxy) is 1. The first kappa shape index (κ1) is 12.3. The summed E-state index contributed by atoms with van der Waals surface area (Å²) >= 11 is 0. The zero-order chi connectivity index (χ0) is 11.5. The molecule has 0 aliphatic heterocycles. The van der Waals surface area contributed by atoms with Crippen molar-refractivity contribution in [1.29, 1.82) is 0 Å². The average molecular weight is 210 g/mol. The predicted molar refractivity (Wildman–Crippen MR) is 61.6 cm³/mol. The molecule has 0 bridgehead atoms. The molecule has 0 radical (unpaired) electrons. The third-order valence-electron chi connectivity index (χ3n) is 3.29. The lowest BCUT2D eigenvalue weighted by Crippen LogP contribution is -2.37. The highest BCUT2D eigenvalue weighted by Crippen LogP contribution is 2.34. The maximum Gasteiger partial charge on any atom is 0.306 e. The van der Waals surface area contributed by atoms with Gasteiger partial charge < -0.3 is 4.74 Å². The lowest BCUT2D eigenvalue weighted by atomic mass is 9.79. The molecule has 2 heteroatoms. The molecule has 15 heavy (non-hydrogen) atoms. The van der Waals surface area contributed by atoms with Gasteiger partial charge in [0.2, 0.25) is 0 Å². The molecule has 0 aromatic heterocycles. The summed E-state index contributed by atoms with van der Waals surface area (Å²) < 4.78 is 5.49. The lowest BCUT2D eigenvalue weighted by Gasteiger charge is -2.35. The van der Waals surface area contributed by atoms with Crippen LogP contribution in [0.2, 0.25) is 0 Å². The molecule has 86 valence electrons. The summed E-state index contributed by atoms with van der Waals surface area (Å²) in [5, 5.41) is 0. The van der Waals surface area contributed by atoms with Gasteiger partial charge in [-0.3, -0.25) is 4.79 Å². The molecule has 0 spiro atoms. The Kier molecular flexibility index (Phi) is 3.95. The van der Waals surface area contributed by atoms with Crippen molar-refractivity contribution in [3.8, 4) is 0 Å². The van der Waals surface area contributed by atoms with Crippen LogP contribution in [0.15, 0.2) is 11.6 Å². The number of hydrogen-bond donors (Lipinski definition) is 0. The Morgan fingerprint density at radius 1 is 1.60 bits per heavy atom. The molecule has 0 amide bonds. The summed E-state index contributed by atoms with van der Waals surface area (Å²) in [6.07, 6.45) is 6.04. The van der Waals surface area contributed by atoms with Crippen LogP contribution in [0.1, 0.15) is 53.4 Å². The van der Waals surface area contributed by atoms with Crippen molar-refractivity contribution in [2.24, 2.45) is 5.92 Å². The third-order valence-corrected chi connectivity index (χ3v) is 3.29. The Labute approximate surface area is 92.7 Å². The van der Waals surface area contributed by atoms with Gasteiger partial charge in [0.25, 0.3) is 0 Å². The number of rotatable bonds is 3. The molecular formula is C13H22O2. The van der Waals surface area contributed by atoms with Crippen LogP contribution < -0.4 is 0 Å². The topological polar surface area (TPSA) is 26.3 Å². The summed E-state index contributed by atoms with van der Waals surface area (Å²) in [5.41, 5.74) is 1.15. The standard InChI is InChI=1S/C13H22O2/c1-5-12(14)15-13(3,4)11-8-6-10(2)7-9-11/h6,11H,5,7-9H2,1-4H3/t11-/m1/s1. The van der Waals surface area contributed by atoms with Crippen LogP contribution >= 0.6 is 0 Å². The van der Waals surface area contributed by atoms with E-state index in [0.29, 0.717) is 12.3 Å². The average Bonchev–Trinajstić information content (AvgIpc) is 2.17. The van der Waals surface area contributed by atoms with E-state index in [4.69, 9.17) is 4.74 Å². The van der Waals surface area contributed by atoms with Crippen molar-refractivity contribution in [2.45, 2.75) is 59.0 Å². The number of carbonyl (C=O) groups excluding carboxylic acids is 1. The van der Waals surface area contributed by atoms with Gasteiger partial charge in [0, 0.05) is 12.3 Å². The highest BCUT2D eigenvalue weighted by molar-refractivity contribution is 5.69. The minimum absolute atomic E-state index is 0.0914. The first-order chi connectivity index (χ1) is 6.95. The second-order valence-corrected chi connectivity index (χ2v) is 4.95. The van der Waals surface area contributed by atoms with Gasteiger partial charge in [-0.25, -0.2) is 0 Å². The molecule has 0 saturated carbocycles. The normalized spacial score (nSPS) is 22.1. The summed E-state index contributed by atoms with van der Waals surface area (Å²) in [5.74, 6) is 0.378. The Balaban J connectivity index is 2.58. The molecule has 0 fully saturated rings. The van der Waals surface area contributed by atoms with Gasteiger partial charge in [0.05, 0.1) is 0 Å². The third kappa shape index (κ3) is 3.37. The van der Waals surface area contributed by atoms with Crippen LogP contribution in [0.25, 0.3) is 0 Å². The fourth-order valence-corrected chi connectivity index (χ4v) is 2.05. The maximum atomic E-state index is 11.3. The molecule has 1 atom stereocenters. The van der Waals surface area contributed by atoms with Crippen molar-refractivity contribution < 1.29 is 9.53 Å². The lowest BCUT2D eigenvalue weighted by molar-refractivity contribution is -0.161. The largest absolute Gasteiger partial charge is 0.459 e. The molecule has 0 N–H and O–H groups in total. The highest BCUT2D eigenvalue weighted by Gasteiger charge is 2.33. The van der Waals surface area contributed by atoms with E-state index in [1.165, 1.54) is 5.57 Å². The van der Waals surface area contributed by atoms with Gasteiger partial charge in [-0.1, -0.05) is 18.6 Å². The number of hydrogen-bond acceptors (Lipinski definition) is 2. The van der Waals surface area contributed by atoms with Crippen molar-refractivity contribution in [3.63, 3.8) is 0 Å². The van der Waals surface area contributed by atoms with E-state index in [2.05, 4.69) is 13.0 Å². The molecular weight excluding hydrogens is 188 g/mol. The Hall–Kier alpha value is -0.790. The first-order valence-corrected chi connectivity index (χ1v) is 5.83. The smallest absolute Gasteiger partial charge is 0.306 e. The van der Waals surface area contributed by atoms with Crippen LogP contribution in [-0.4, -0.2) is 11.6 Å². The zero-order valence-electron chi connectivity index (χ0n) is 10.3. The summed E-state index contributed by atoms with van der Waals surface area (Å²) in [7, 11) is 0. The van der Waals surface area contributed by atoms with E-state index in [1.54, 1.807) is 0 Å². The van der Waals surface area contributed by atoms with Crippen LogP contribution in [0.5, 0.6) is 0 Å². The van der Waals surface area contributed by atoms with Gasteiger partial charge >= 0.3 is 5.97 Å². The van der Waals surface area contributed by atoms with E-state index in [0.717, 1.165) is 19.3 Å². The quantitative estimate of drug-likeness (QED) is 0.526. The van der Waals surface area contributed by atoms with E-state index >= 15 is 0 Å². The van der Waals surface area contributed by atoms with Crippen LogP contribution in [-0.2, 0) is 9.53 Å². The molecule has 1 aliphatic carbocycles. The number of carbonyl (C=O) groups is 1. The monoisotopic (exact) mass is 210 g/mol. The van der Waals surface area contributed by atoms with Crippen LogP contribution in [0.3, 0.4) is 0 Å². The van der Waals surface area contributed by atoms with Crippen molar-refractivity contribution >= 4 is 5.97 Å². The molecule has 0 aromatic carbocycles. The van der Waals surface area contributed by atoms with E-state index in [9.17, 15) is 4.79 Å². The van der Waals surface area contributed by atoms with Gasteiger partial charge in [-0.05, 0) is 40.0 Å². The Morgan fingerprint density at radius 2 is 2.27 bits per heavy atom. The zero-order valence-corrected chi connectivity index (χ0v) is 10.3. The summed E-state index contributed by atoms with van der Waals surface area (Å²) in [6.45, 7) is 8.06. The van der Waals surface area contributed by atoms with Gasteiger partial charge in [0.15, 0.2) is 0 Å². The highest BCUT2D eigenvalue weighted by atomic mass is 16.6. The molecule has 1 rings (SSSR count). The van der Waals surface area contributed by atoms with E-state index < -0.39 is 0 Å². The minimum atomic E-state index is -0.315. The van der Waals surface area contributed by atoms with Gasteiger partial charge in [-0.2, -0.15) is 0 Å². The summed E-state index contributed by atoms with van der Waals surface area (Å²) in [6, 6.07) is 0. The summed E-state index contributed by atoms with van der Waals surface area (Å²) in [4.78, 5) is 11.3. The Morgan fingerprint density at radius 3 is 2.73 bits per heavy atom. The van der Waals surface area contributed by atoms with Crippen molar-refractivity contribution in [3.05, 3.63) is 11.6 Å². The van der Waals surface area contributed by atoms with Gasteiger partial charge in [-0.15, -0.1) is 0 Å². The number of allylic oxidation sites excluding steroid dienone is 2. The van der Waals surface area contributed by atoms with Crippen LogP contribution in [0, 0.1) is 5.92 Å². The fourth-order valence-electron chi connectivity index (χ4n) is 2.05. The fraction of sp³-hybridized carbons (Fsp3) is 0.769. The first-order valence-electron chi connectivity index (χ1n) is 5.83. The van der Waals surface area contributed by atoms with Crippen molar-refractivity contribution in [2.75, 3.05) is 0 Å². The maximum absolute atomic E-state index is 11.3. The second-order valence-electron chi connectivity index (χ2n) is 4.95. The predicted octanol–water partition coefficient (Wildman–Crippen LogP) is 3.46. The molecule has 0 unspecified atom stereocenters.